The molecule has 21 heavy (non-hydrogen) atoms. The van der Waals surface area contributed by atoms with Crippen molar-refractivity contribution < 1.29 is 0 Å². The van der Waals surface area contributed by atoms with Crippen LogP contribution in [0.5, 0.6) is 0 Å². The number of aliphatic imine (C=N–C) groups is 1. The van der Waals surface area contributed by atoms with Crippen molar-refractivity contribution in [3.05, 3.63) is 0 Å². The van der Waals surface area contributed by atoms with E-state index in [9.17, 15) is 0 Å². The summed E-state index contributed by atoms with van der Waals surface area (Å²) in [6.07, 6.45) is 5.09. The van der Waals surface area contributed by atoms with Gasteiger partial charge in [-0.25, -0.2) is 0 Å². The molecule has 0 aliphatic carbocycles. The average molecular weight is 294 g/mol. The summed E-state index contributed by atoms with van der Waals surface area (Å²) in [5, 5.41) is 0. The van der Waals surface area contributed by atoms with Crippen molar-refractivity contribution in [2.45, 2.75) is 46.5 Å². The van der Waals surface area contributed by atoms with Crippen LogP contribution >= 0.6 is 0 Å². The van der Waals surface area contributed by atoms with Crippen LogP contribution in [-0.2, 0) is 0 Å². The molecule has 0 radical (unpaired) electrons. The van der Waals surface area contributed by atoms with Gasteiger partial charge in [-0.3, -0.25) is 4.99 Å². The number of guanidine groups is 1. The highest BCUT2D eigenvalue weighted by Crippen LogP contribution is 2.20. The van der Waals surface area contributed by atoms with E-state index in [0.29, 0.717) is 0 Å². The molecule has 122 valence electrons. The highest BCUT2D eigenvalue weighted by atomic mass is 15.3. The van der Waals surface area contributed by atoms with Crippen molar-refractivity contribution in [3.63, 3.8) is 0 Å². The number of piperidine rings is 2. The lowest BCUT2D eigenvalue weighted by Crippen LogP contribution is -2.43. The quantitative estimate of drug-likeness (QED) is 0.492. The summed E-state index contributed by atoms with van der Waals surface area (Å²) in [6.45, 7) is 13.8. The molecule has 3 atom stereocenters. The van der Waals surface area contributed by atoms with Crippen molar-refractivity contribution >= 4 is 5.96 Å². The molecule has 0 bridgehead atoms. The first-order valence-electron chi connectivity index (χ1n) is 8.81. The molecule has 2 aliphatic rings. The minimum atomic E-state index is 0.754. The number of rotatable bonds is 4. The van der Waals surface area contributed by atoms with E-state index in [1.807, 2.05) is 0 Å². The molecule has 4 heteroatoms. The maximum atomic E-state index is 6.14. The normalized spacial score (nSPS) is 32.4. The van der Waals surface area contributed by atoms with Gasteiger partial charge in [-0.1, -0.05) is 20.8 Å². The van der Waals surface area contributed by atoms with E-state index in [1.165, 1.54) is 38.9 Å². The Morgan fingerprint density at radius 1 is 1.10 bits per heavy atom. The van der Waals surface area contributed by atoms with Gasteiger partial charge in [-0.15, -0.1) is 0 Å². The lowest BCUT2D eigenvalue weighted by Gasteiger charge is -2.35. The Morgan fingerprint density at radius 3 is 2.48 bits per heavy atom. The number of nitrogens with two attached hydrogens (primary N) is 1. The summed E-state index contributed by atoms with van der Waals surface area (Å²) in [4.78, 5) is 9.47. The van der Waals surface area contributed by atoms with Crippen molar-refractivity contribution in [2.24, 2.45) is 28.5 Å². The second-order valence-corrected chi connectivity index (χ2v) is 7.49. The third-order valence-corrected chi connectivity index (χ3v) is 4.83. The third-order valence-electron chi connectivity index (χ3n) is 4.83. The van der Waals surface area contributed by atoms with Crippen LogP contribution in [0, 0.1) is 17.8 Å². The van der Waals surface area contributed by atoms with E-state index in [0.717, 1.165) is 49.8 Å². The summed E-state index contributed by atoms with van der Waals surface area (Å²) in [5.41, 5.74) is 6.14. The fraction of sp³-hybridized carbons (Fsp3) is 0.941. The maximum absolute atomic E-state index is 6.14. The maximum Gasteiger partial charge on any atom is 0.191 e. The summed E-state index contributed by atoms with van der Waals surface area (Å²) in [6, 6.07) is 0. The van der Waals surface area contributed by atoms with Gasteiger partial charge in [-0.05, 0) is 50.0 Å². The Bertz CT molecular complexity index is 332. The van der Waals surface area contributed by atoms with Gasteiger partial charge in [0.1, 0.15) is 0 Å². The van der Waals surface area contributed by atoms with E-state index in [4.69, 9.17) is 5.73 Å². The fourth-order valence-electron chi connectivity index (χ4n) is 3.96. The topological polar surface area (TPSA) is 44.9 Å². The van der Waals surface area contributed by atoms with Crippen molar-refractivity contribution in [2.75, 3.05) is 39.3 Å². The van der Waals surface area contributed by atoms with Gasteiger partial charge in [0.15, 0.2) is 5.96 Å². The molecule has 0 aromatic rings. The summed E-state index contributed by atoms with van der Waals surface area (Å²) >= 11 is 0. The first kappa shape index (κ1) is 16.6. The number of nitrogens with zero attached hydrogens (tertiary/aromatic N) is 3. The molecule has 2 aliphatic heterocycles. The summed E-state index contributed by atoms with van der Waals surface area (Å²) < 4.78 is 0. The molecule has 3 unspecified atom stereocenters. The highest BCUT2D eigenvalue weighted by molar-refractivity contribution is 5.78. The lowest BCUT2D eigenvalue weighted by atomic mass is 9.92. The summed E-state index contributed by atoms with van der Waals surface area (Å²) in [5.74, 6) is 3.21. The van der Waals surface area contributed by atoms with E-state index >= 15 is 0 Å². The Kier molecular flexibility index (Phi) is 6.34. The Balaban J connectivity index is 1.67. The second kappa shape index (κ2) is 8.02. The predicted octanol–water partition coefficient (Wildman–Crippen LogP) is 2.40. The van der Waals surface area contributed by atoms with E-state index in [2.05, 4.69) is 35.6 Å². The van der Waals surface area contributed by atoms with Gasteiger partial charge < -0.3 is 15.5 Å². The highest BCUT2D eigenvalue weighted by Gasteiger charge is 2.21. The van der Waals surface area contributed by atoms with Crippen LogP contribution < -0.4 is 5.73 Å². The first-order valence-corrected chi connectivity index (χ1v) is 8.81. The molecular formula is C17H34N4. The molecule has 0 spiro atoms. The smallest absolute Gasteiger partial charge is 0.191 e. The van der Waals surface area contributed by atoms with Gasteiger partial charge >= 0.3 is 0 Å². The zero-order chi connectivity index (χ0) is 15.2. The van der Waals surface area contributed by atoms with E-state index in [1.54, 1.807) is 0 Å². The SMILES string of the molecule is CC1CC(C)CN(CCCN=C(N)N2CCCC(C)C2)C1. The molecule has 0 aromatic carbocycles. The molecule has 2 heterocycles. The van der Waals surface area contributed by atoms with Crippen LogP contribution in [0.3, 0.4) is 0 Å². The van der Waals surface area contributed by atoms with Gasteiger partial charge in [0, 0.05) is 32.7 Å². The monoisotopic (exact) mass is 294 g/mol. The molecule has 2 rings (SSSR count). The van der Waals surface area contributed by atoms with Crippen molar-refractivity contribution in [1.29, 1.82) is 0 Å². The zero-order valence-corrected chi connectivity index (χ0v) is 14.2. The summed E-state index contributed by atoms with van der Waals surface area (Å²) in [7, 11) is 0. The van der Waals surface area contributed by atoms with Crippen LogP contribution in [0.1, 0.15) is 46.5 Å². The Morgan fingerprint density at radius 2 is 1.81 bits per heavy atom. The van der Waals surface area contributed by atoms with Gasteiger partial charge in [0.25, 0.3) is 0 Å². The molecule has 2 saturated heterocycles. The number of hydrogen-bond acceptors (Lipinski definition) is 2. The van der Waals surface area contributed by atoms with E-state index in [-0.39, 0.29) is 0 Å². The standard InChI is InChI=1S/C17H34N4/c1-14-6-4-9-21(13-14)17(18)19-7-5-8-20-11-15(2)10-16(3)12-20/h14-16H,4-13H2,1-3H3,(H2,18,19). The molecular weight excluding hydrogens is 260 g/mol. The van der Waals surface area contributed by atoms with Gasteiger partial charge in [0.2, 0.25) is 0 Å². The van der Waals surface area contributed by atoms with Gasteiger partial charge in [-0.2, -0.15) is 0 Å². The van der Waals surface area contributed by atoms with E-state index < -0.39 is 0 Å². The average Bonchev–Trinajstić information content (AvgIpc) is 2.42. The number of likely N-dealkylation sites (tertiary alicyclic amines) is 2. The van der Waals surface area contributed by atoms with Crippen LogP contribution in [0.4, 0.5) is 0 Å². The van der Waals surface area contributed by atoms with Crippen molar-refractivity contribution in [3.8, 4) is 0 Å². The van der Waals surface area contributed by atoms with Crippen LogP contribution in [-0.4, -0.2) is 55.0 Å². The largest absolute Gasteiger partial charge is 0.370 e. The van der Waals surface area contributed by atoms with Crippen molar-refractivity contribution in [1.82, 2.24) is 9.80 Å². The van der Waals surface area contributed by atoms with Crippen LogP contribution in [0.15, 0.2) is 4.99 Å². The minimum Gasteiger partial charge on any atom is -0.370 e. The number of hydrogen-bond donors (Lipinski definition) is 1. The fourth-order valence-corrected chi connectivity index (χ4v) is 3.96. The molecule has 4 nitrogen and oxygen atoms in total. The minimum absolute atomic E-state index is 0.754. The molecule has 2 fully saturated rings. The van der Waals surface area contributed by atoms with Crippen LogP contribution in [0.2, 0.25) is 0 Å². The Labute approximate surface area is 130 Å². The first-order chi connectivity index (χ1) is 10.0. The van der Waals surface area contributed by atoms with Crippen LogP contribution in [0.25, 0.3) is 0 Å². The lowest BCUT2D eigenvalue weighted by molar-refractivity contribution is 0.140. The zero-order valence-electron chi connectivity index (χ0n) is 14.2. The second-order valence-electron chi connectivity index (χ2n) is 7.49. The third kappa shape index (κ3) is 5.50. The van der Waals surface area contributed by atoms with Gasteiger partial charge in [0.05, 0.1) is 0 Å². The molecule has 0 saturated carbocycles. The Hall–Kier alpha value is -0.770. The predicted molar refractivity (Wildman–Crippen MR) is 90.5 cm³/mol. The molecule has 2 N–H and O–H groups in total. The molecule has 0 aromatic heterocycles. The molecule has 0 amide bonds.